The van der Waals surface area contributed by atoms with Gasteiger partial charge in [0.15, 0.2) is 6.10 Å². The highest BCUT2D eigenvalue weighted by Gasteiger charge is 2.43. The fraction of sp³-hybridized carbons (Fsp3) is 0.857. The molecule has 3 atom stereocenters. The molecule has 1 saturated carbocycles. The number of hydrogen-bond donors (Lipinski definition) is 3. The van der Waals surface area contributed by atoms with Crippen molar-refractivity contribution in [3.8, 4) is 0 Å². The number of likely N-dealkylation sites (tertiary alicyclic amines) is 1. The van der Waals surface area contributed by atoms with E-state index in [0.717, 1.165) is 25.7 Å². The van der Waals surface area contributed by atoms with Crippen LogP contribution < -0.4 is 5.32 Å². The number of fused-ring (bicyclic) bond motifs is 1. The number of nitrogens with one attached hydrogen (secondary N) is 1. The smallest absolute Gasteiger partial charge is 0.334 e. The number of rotatable bonds is 4. The predicted molar refractivity (Wildman–Crippen MR) is 74.9 cm³/mol. The van der Waals surface area contributed by atoms with Crippen LogP contribution in [0.4, 0.5) is 4.79 Å². The van der Waals surface area contributed by atoms with Gasteiger partial charge in [-0.15, -0.1) is 0 Å². The number of ether oxygens (including phenoxy) is 1. The summed E-state index contributed by atoms with van der Waals surface area (Å²) in [6.07, 6.45) is 3.46. The van der Waals surface area contributed by atoms with Crippen LogP contribution in [-0.4, -0.2) is 65.6 Å². The Morgan fingerprint density at radius 3 is 2.86 bits per heavy atom. The zero-order valence-corrected chi connectivity index (χ0v) is 12.4. The lowest BCUT2D eigenvalue weighted by Crippen LogP contribution is -2.57. The van der Waals surface area contributed by atoms with E-state index in [0.29, 0.717) is 19.5 Å². The third kappa shape index (κ3) is 3.65. The number of carboxylic acid groups (broad SMARTS) is 1. The normalized spacial score (nSPS) is 30.4. The summed E-state index contributed by atoms with van der Waals surface area (Å²) in [5.41, 5.74) is -0.620. The van der Waals surface area contributed by atoms with Gasteiger partial charge in [0.1, 0.15) is 0 Å². The molecule has 120 valence electrons. The highest BCUT2D eigenvalue weighted by atomic mass is 16.5. The van der Waals surface area contributed by atoms with Crippen molar-refractivity contribution in [1.82, 2.24) is 10.2 Å². The second-order valence-corrected chi connectivity index (χ2v) is 5.99. The number of piperidine rings is 1. The summed E-state index contributed by atoms with van der Waals surface area (Å²) < 4.78 is 4.78. The fourth-order valence-corrected chi connectivity index (χ4v) is 3.32. The van der Waals surface area contributed by atoms with Crippen molar-refractivity contribution < 1.29 is 24.5 Å². The molecule has 1 saturated heterocycles. The number of amides is 2. The van der Waals surface area contributed by atoms with Crippen LogP contribution in [-0.2, 0) is 9.53 Å². The first-order valence-electron chi connectivity index (χ1n) is 7.47. The SMILES string of the molecule is COC(CNC(=O)N1CCC2(O)CCCCC2C1)C(=O)O. The molecule has 0 aromatic rings. The van der Waals surface area contributed by atoms with Crippen LogP contribution in [0.2, 0.25) is 0 Å². The Morgan fingerprint density at radius 1 is 1.43 bits per heavy atom. The molecule has 2 rings (SSSR count). The van der Waals surface area contributed by atoms with E-state index in [1.165, 1.54) is 7.11 Å². The van der Waals surface area contributed by atoms with E-state index in [9.17, 15) is 14.7 Å². The Bertz CT molecular complexity index is 403. The summed E-state index contributed by atoms with van der Waals surface area (Å²) in [6.45, 7) is 0.979. The largest absolute Gasteiger partial charge is 0.479 e. The number of methoxy groups -OCH3 is 1. The van der Waals surface area contributed by atoms with Crippen molar-refractivity contribution in [2.24, 2.45) is 5.92 Å². The monoisotopic (exact) mass is 300 g/mol. The lowest BCUT2D eigenvalue weighted by atomic mass is 9.71. The number of carbonyl (C=O) groups excluding carboxylic acids is 1. The van der Waals surface area contributed by atoms with E-state index >= 15 is 0 Å². The van der Waals surface area contributed by atoms with E-state index in [2.05, 4.69) is 5.32 Å². The van der Waals surface area contributed by atoms with E-state index in [4.69, 9.17) is 9.84 Å². The molecular weight excluding hydrogens is 276 g/mol. The number of aliphatic hydroxyl groups is 1. The zero-order chi connectivity index (χ0) is 15.5. The first-order chi connectivity index (χ1) is 9.96. The second-order valence-electron chi connectivity index (χ2n) is 5.99. The van der Waals surface area contributed by atoms with Crippen molar-refractivity contribution in [1.29, 1.82) is 0 Å². The number of urea groups is 1. The molecule has 2 fully saturated rings. The van der Waals surface area contributed by atoms with Gasteiger partial charge in [0.2, 0.25) is 0 Å². The van der Waals surface area contributed by atoms with Gasteiger partial charge in [0.25, 0.3) is 0 Å². The molecule has 1 aliphatic heterocycles. The predicted octanol–water partition coefficient (Wildman–Crippen LogP) is 0.423. The van der Waals surface area contributed by atoms with E-state index < -0.39 is 17.7 Å². The molecule has 3 unspecified atom stereocenters. The van der Waals surface area contributed by atoms with Gasteiger partial charge in [-0.05, 0) is 19.3 Å². The summed E-state index contributed by atoms with van der Waals surface area (Å²) in [7, 11) is 1.30. The van der Waals surface area contributed by atoms with Crippen molar-refractivity contribution in [2.75, 3.05) is 26.7 Å². The first kappa shape index (κ1) is 16.0. The number of aliphatic carboxylic acids is 1. The van der Waals surface area contributed by atoms with Crippen molar-refractivity contribution in [3.05, 3.63) is 0 Å². The average molecular weight is 300 g/mol. The second kappa shape index (κ2) is 6.62. The summed E-state index contributed by atoms with van der Waals surface area (Å²) in [6, 6.07) is -0.286. The van der Waals surface area contributed by atoms with Gasteiger partial charge in [-0.1, -0.05) is 12.8 Å². The maximum Gasteiger partial charge on any atom is 0.334 e. The van der Waals surface area contributed by atoms with E-state index in [-0.39, 0.29) is 18.5 Å². The molecule has 0 radical (unpaired) electrons. The number of carbonyl (C=O) groups is 2. The first-order valence-corrected chi connectivity index (χ1v) is 7.47. The summed E-state index contributed by atoms with van der Waals surface area (Å²) >= 11 is 0. The van der Waals surface area contributed by atoms with Gasteiger partial charge >= 0.3 is 12.0 Å². The maximum atomic E-state index is 12.1. The Labute approximate surface area is 124 Å². The van der Waals surface area contributed by atoms with Crippen LogP contribution >= 0.6 is 0 Å². The van der Waals surface area contributed by atoms with Crippen LogP contribution in [0.15, 0.2) is 0 Å². The lowest BCUT2D eigenvalue weighted by Gasteiger charge is -2.47. The van der Waals surface area contributed by atoms with Gasteiger partial charge in [0.05, 0.1) is 12.1 Å². The topological polar surface area (TPSA) is 99.1 Å². The van der Waals surface area contributed by atoms with Crippen LogP contribution in [0, 0.1) is 5.92 Å². The summed E-state index contributed by atoms with van der Waals surface area (Å²) in [5, 5.41) is 22.0. The van der Waals surface area contributed by atoms with Crippen molar-refractivity contribution in [3.63, 3.8) is 0 Å². The van der Waals surface area contributed by atoms with Gasteiger partial charge < -0.3 is 25.2 Å². The fourth-order valence-electron chi connectivity index (χ4n) is 3.32. The minimum absolute atomic E-state index is 0.0594. The molecule has 0 spiro atoms. The van der Waals surface area contributed by atoms with Crippen LogP contribution in [0.3, 0.4) is 0 Å². The molecule has 2 amide bonds. The molecule has 1 heterocycles. The standard InChI is InChI=1S/C14H24N2O5/c1-21-11(12(17)18)8-15-13(19)16-7-6-14(20)5-3-2-4-10(14)9-16/h10-11,20H,2-9H2,1H3,(H,15,19)(H,17,18). The average Bonchev–Trinajstić information content (AvgIpc) is 2.46. The van der Waals surface area contributed by atoms with Gasteiger partial charge in [0, 0.05) is 26.1 Å². The van der Waals surface area contributed by atoms with E-state index in [1.54, 1.807) is 4.90 Å². The molecule has 1 aliphatic carbocycles. The zero-order valence-electron chi connectivity index (χ0n) is 12.4. The molecular formula is C14H24N2O5. The Morgan fingerprint density at radius 2 is 2.19 bits per heavy atom. The summed E-state index contributed by atoms with van der Waals surface area (Å²) in [5.74, 6) is -0.971. The summed E-state index contributed by atoms with van der Waals surface area (Å²) in [4.78, 5) is 24.6. The molecule has 21 heavy (non-hydrogen) atoms. The molecule has 0 aromatic carbocycles. The van der Waals surface area contributed by atoms with Crippen molar-refractivity contribution in [2.45, 2.75) is 43.8 Å². The molecule has 0 bridgehead atoms. The quantitative estimate of drug-likeness (QED) is 0.699. The Balaban J connectivity index is 1.85. The highest BCUT2D eigenvalue weighted by Crippen LogP contribution is 2.39. The van der Waals surface area contributed by atoms with Gasteiger partial charge in [-0.3, -0.25) is 0 Å². The molecule has 3 N–H and O–H groups in total. The highest BCUT2D eigenvalue weighted by molar-refractivity contribution is 5.77. The van der Waals surface area contributed by atoms with Crippen LogP contribution in [0.1, 0.15) is 32.1 Å². The van der Waals surface area contributed by atoms with Gasteiger partial charge in [-0.25, -0.2) is 9.59 Å². The Kier molecular flexibility index (Phi) is 5.05. The number of carboxylic acids is 1. The lowest BCUT2D eigenvalue weighted by molar-refractivity contribution is -0.148. The molecule has 7 heteroatoms. The van der Waals surface area contributed by atoms with Crippen LogP contribution in [0.5, 0.6) is 0 Å². The number of hydrogen-bond acceptors (Lipinski definition) is 4. The molecule has 0 aromatic heterocycles. The maximum absolute atomic E-state index is 12.1. The molecule has 2 aliphatic rings. The van der Waals surface area contributed by atoms with Gasteiger partial charge in [-0.2, -0.15) is 0 Å². The third-order valence-electron chi connectivity index (χ3n) is 4.71. The minimum atomic E-state index is -1.10. The van der Waals surface area contributed by atoms with Crippen molar-refractivity contribution >= 4 is 12.0 Å². The minimum Gasteiger partial charge on any atom is -0.479 e. The van der Waals surface area contributed by atoms with E-state index in [1.807, 2.05) is 0 Å². The Hall–Kier alpha value is -1.34. The third-order valence-corrected chi connectivity index (χ3v) is 4.71. The number of nitrogens with zero attached hydrogens (tertiary/aromatic N) is 1. The van der Waals surface area contributed by atoms with Crippen LogP contribution in [0.25, 0.3) is 0 Å². The molecule has 7 nitrogen and oxygen atoms in total.